The van der Waals surface area contributed by atoms with Gasteiger partial charge in [0.05, 0.1) is 11.8 Å². The zero-order valence-corrected chi connectivity index (χ0v) is 13.0. The predicted octanol–water partition coefficient (Wildman–Crippen LogP) is 1.94. The summed E-state index contributed by atoms with van der Waals surface area (Å²) in [6, 6.07) is 9.13. The Morgan fingerprint density at radius 2 is 1.87 bits per heavy atom. The summed E-state index contributed by atoms with van der Waals surface area (Å²) in [6.45, 7) is 1.43. The van der Waals surface area contributed by atoms with E-state index in [2.05, 4.69) is 5.10 Å². The van der Waals surface area contributed by atoms with Crippen molar-refractivity contribution in [3.8, 4) is 0 Å². The Balaban J connectivity index is 1.83. The molecular weight excluding hydrogens is 294 g/mol. The molecule has 0 radical (unpaired) electrons. The van der Waals surface area contributed by atoms with Crippen LogP contribution in [0.4, 0.5) is 0 Å². The zero-order valence-electron chi connectivity index (χ0n) is 13.0. The molecule has 1 aliphatic heterocycles. The minimum Gasteiger partial charge on any atom is -0.444 e. The van der Waals surface area contributed by atoms with E-state index in [0.29, 0.717) is 24.2 Å². The molecule has 0 aliphatic carbocycles. The van der Waals surface area contributed by atoms with Gasteiger partial charge < -0.3 is 9.64 Å². The van der Waals surface area contributed by atoms with Gasteiger partial charge in [0, 0.05) is 31.9 Å². The van der Waals surface area contributed by atoms with Gasteiger partial charge in [-0.2, -0.15) is 5.10 Å². The number of ether oxygens (including phenoxy) is 1. The van der Waals surface area contributed by atoms with Crippen LogP contribution in [0, 0.1) is 0 Å². The maximum Gasteiger partial charge on any atom is 0.342 e. The molecule has 1 fully saturated rings. The number of likely N-dealkylation sites (tertiary alicyclic amines) is 1. The van der Waals surface area contributed by atoms with E-state index in [0.717, 1.165) is 12.8 Å². The van der Waals surface area contributed by atoms with Crippen molar-refractivity contribution >= 4 is 11.9 Å². The van der Waals surface area contributed by atoms with E-state index in [-0.39, 0.29) is 5.91 Å². The Labute approximate surface area is 134 Å². The number of amides is 1. The molecule has 2 aromatic rings. The molecule has 1 aliphatic rings. The van der Waals surface area contributed by atoms with Crippen LogP contribution in [0.3, 0.4) is 0 Å². The Hall–Kier alpha value is -2.63. The Morgan fingerprint density at radius 1 is 1.17 bits per heavy atom. The lowest BCUT2D eigenvalue weighted by molar-refractivity contribution is -0.140. The summed E-state index contributed by atoms with van der Waals surface area (Å²) in [5.41, 5.74) is 1.02. The van der Waals surface area contributed by atoms with Crippen LogP contribution in [-0.4, -0.2) is 39.6 Å². The molecule has 3 rings (SSSR count). The van der Waals surface area contributed by atoms with Crippen LogP contribution >= 0.6 is 0 Å². The molecule has 1 saturated heterocycles. The van der Waals surface area contributed by atoms with E-state index in [1.807, 2.05) is 18.2 Å². The highest BCUT2D eigenvalue weighted by molar-refractivity contribution is 5.92. The van der Waals surface area contributed by atoms with Crippen LogP contribution in [0.25, 0.3) is 0 Å². The van der Waals surface area contributed by atoms with Gasteiger partial charge in [0.1, 0.15) is 0 Å². The summed E-state index contributed by atoms with van der Waals surface area (Å²) < 4.78 is 7.05. The number of aryl methyl sites for hydroxylation is 1. The smallest absolute Gasteiger partial charge is 0.342 e. The van der Waals surface area contributed by atoms with Crippen molar-refractivity contribution in [1.82, 2.24) is 14.7 Å². The fourth-order valence-corrected chi connectivity index (χ4v) is 2.69. The molecule has 1 atom stereocenters. The highest BCUT2D eigenvalue weighted by Gasteiger charge is 2.31. The number of esters is 1. The molecule has 6 nitrogen and oxygen atoms in total. The molecule has 0 bridgehead atoms. The van der Waals surface area contributed by atoms with Gasteiger partial charge in [-0.3, -0.25) is 9.48 Å². The number of nitrogens with zero attached hydrogens (tertiary/aromatic N) is 3. The summed E-state index contributed by atoms with van der Waals surface area (Å²) in [5.74, 6) is -0.703. The molecule has 1 aromatic heterocycles. The Bertz CT molecular complexity index is 690. The molecule has 0 N–H and O–H groups in total. The van der Waals surface area contributed by atoms with Crippen molar-refractivity contribution in [1.29, 1.82) is 0 Å². The maximum atomic E-state index is 12.7. The molecule has 1 aromatic carbocycles. The van der Waals surface area contributed by atoms with Crippen LogP contribution in [0.1, 0.15) is 34.9 Å². The van der Waals surface area contributed by atoms with Gasteiger partial charge in [-0.25, -0.2) is 4.79 Å². The summed E-state index contributed by atoms with van der Waals surface area (Å²) >= 11 is 0. The lowest BCUT2D eigenvalue weighted by Gasteiger charge is -2.23. The van der Waals surface area contributed by atoms with E-state index in [1.54, 1.807) is 30.3 Å². The third-order valence-electron chi connectivity index (χ3n) is 3.91. The summed E-state index contributed by atoms with van der Waals surface area (Å²) in [5, 5.41) is 3.96. The summed E-state index contributed by atoms with van der Waals surface area (Å²) in [6.07, 6.45) is 4.07. The van der Waals surface area contributed by atoms with E-state index in [4.69, 9.17) is 4.74 Å². The van der Waals surface area contributed by atoms with Crippen molar-refractivity contribution < 1.29 is 14.3 Å². The van der Waals surface area contributed by atoms with E-state index in [1.165, 1.54) is 10.9 Å². The minimum atomic E-state index is -0.915. The molecule has 0 spiro atoms. The number of benzene rings is 1. The molecule has 0 unspecified atom stereocenters. The normalized spacial score (nSPS) is 15.4. The van der Waals surface area contributed by atoms with Gasteiger partial charge in [0.2, 0.25) is 6.10 Å². The molecule has 0 saturated carbocycles. The second-order valence-electron chi connectivity index (χ2n) is 5.63. The lowest BCUT2D eigenvalue weighted by Crippen LogP contribution is -2.34. The summed E-state index contributed by atoms with van der Waals surface area (Å²) in [4.78, 5) is 26.8. The average molecular weight is 313 g/mol. The van der Waals surface area contributed by atoms with Gasteiger partial charge in [0.15, 0.2) is 0 Å². The number of rotatable bonds is 4. The second kappa shape index (κ2) is 6.64. The molecule has 23 heavy (non-hydrogen) atoms. The van der Waals surface area contributed by atoms with Crippen molar-refractivity contribution in [2.45, 2.75) is 18.9 Å². The van der Waals surface area contributed by atoms with Crippen LogP contribution in [0.15, 0.2) is 42.7 Å². The molecule has 1 amide bonds. The molecule has 6 heteroatoms. The first-order chi connectivity index (χ1) is 11.1. The van der Waals surface area contributed by atoms with E-state index in [9.17, 15) is 9.59 Å². The van der Waals surface area contributed by atoms with Gasteiger partial charge >= 0.3 is 5.97 Å². The second-order valence-corrected chi connectivity index (χ2v) is 5.63. The van der Waals surface area contributed by atoms with Crippen LogP contribution in [0.5, 0.6) is 0 Å². The molecule has 2 heterocycles. The number of hydrogen-bond donors (Lipinski definition) is 0. The van der Waals surface area contributed by atoms with Crippen LogP contribution < -0.4 is 0 Å². The quantitative estimate of drug-likeness (QED) is 0.809. The maximum absolute atomic E-state index is 12.7. The third kappa shape index (κ3) is 3.41. The van der Waals surface area contributed by atoms with Crippen molar-refractivity contribution in [3.63, 3.8) is 0 Å². The first-order valence-electron chi connectivity index (χ1n) is 7.68. The third-order valence-corrected chi connectivity index (χ3v) is 3.91. The zero-order chi connectivity index (χ0) is 16.2. The van der Waals surface area contributed by atoms with Crippen LogP contribution in [0.2, 0.25) is 0 Å². The Kier molecular flexibility index (Phi) is 4.41. The van der Waals surface area contributed by atoms with Crippen molar-refractivity contribution in [2.24, 2.45) is 7.05 Å². The number of carbonyl (C=O) groups excluding carboxylic acids is 2. The Morgan fingerprint density at radius 3 is 2.48 bits per heavy atom. The van der Waals surface area contributed by atoms with Crippen molar-refractivity contribution in [2.75, 3.05) is 13.1 Å². The molecule has 120 valence electrons. The standard InChI is InChI=1S/C17H19N3O3/c1-19-12-14(11-18-19)17(22)23-15(13-7-3-2-4-8-13)16(21)20-9-5-6-10-20/h2-4,7-8,11-12,15H,5-6,9-10H2,1H3/t15-/m0/s1. The van der Waals surface area contributed by atoms with E-state index >= 15 is 0 Å². The fourth-order valence-electron chi connectivity index (χ4n) is 2.69. The van der Waals surface area contributed by atoms with E-state index < -0.39 is 12.1 Å². The average Bonchev–Trinajstić information content (AvgIpc) is 3.24. The number of hydrogen-bond acceptors (Lipinski definition) is 4. The first-order valence-corrected chi connectivity index (χ1v) is 7.68. The number of aromatic nitrogens is 2. The highest BCUT2D eigenvalue weighted by atomic mass is 16.5. The van der Waals surface area contributed by atoms with Gasteiger partial charge in [-0.05, 0) is 12.8 Å². The highest BCUT2D eigenvalue weighted by Crippen LogP contribution is 2.24. The molecular formula is C17H19N3O3. The summed E-state index contributed by atoms with van der Waals surface area (Å²) in [7, 11) is 1.72. The minimum absolute atomic E-state index is 0.161. The lowest BCUT2D eigenvalue weighted by atomic mass is 10.1. The van der Waals surface area contributed by atoms with Gasteiger partial charge in [0.25, 0.3) is 5.91 Å². The predicted molar refractivity (Wildman–Crippen MR) is 83.6 cm³/mol. The SMILES string of the molecule is Cn1cc(C(=O)O[C@H](C(=O)N2CCCC2)c2ccccc2)cn1. The monoisotopic (exact) mass is 313 g/mol. The van der Waals surface area contributed by atoms with Crippen molar-refractivity contribution in [3.05, 3.63) is 53.9 Å². The van der Waals surface area contributed by atoms with Gasteiger partial charge in [-0.1, -0.05) is 30.3 Å². The fraction of sp³-hybridized carbons (Fsp3) is 0.353. The topological polar surface area (TPSA) is 64.4 Å². The van der Waals surface area contributed by atoms with Crippen LogP contribution in [-0.2, 0) is 16.6 Å². The number of carbonyl (C=O) groups is 2. The van der Waals surface area contributed by atoms with Gasteiger partial charge in [-0.15, -0.1) is 0 Å². The largest absolute Gasteiger partial charge is 0.444 e. The first kappa shape index (κ1) is 15.3.